The maximum Gasteiger partial charge on any atom is 0.342 e. The molecule has 102 valence electrons. The highest BCUT2D eigenvalue weighted by molar-refractivity contribution is 7.18. The molecule has 0 aromatic carbocycles. The second-order valence-electron chi connectivity index (χ2n) is 3.90. The maximum absolute atomic E-state index is 12.0. The van der Waals surface area contributed by atoms with Crippen molar-refractivity contribution in [1.29, 1.82) is 5.26 Å². The van der Waals surface area contributed by atoms with Gasteiger partial charge in [-0.1, -0.05) is 13.3 Å². The van der Waals surface area contributed by atoms with Gasteiger partial charge >= 0.3 is 5.97 Å². The third-order valence-corrected chi connectivity index (χ3v) is 3.60. The molecule has 0 radical (unpaired) electrons. The first-order valence-corrected chi connectivity index (χ1v) is 6.91. The summed E-state index contributed by atoms with van der Waals surface area (Å²) in [7, 11) is 0. The number of ketones is 1. The summed E-state index contributed by atoms with van der Waals surface area (Å²) >= 11 is 0.983. The van der Waals surface area contributed by atoms with Crippen molar-refractivity contribution in [3.63, 3.8) is 0 Å². The van der Waals surface area contributed by atoms with E-state index in [1.54, 1.807) is 6.92 Å². The number of thiophene rings is 1. The molecule has 0 amide bonds. The molecule has 1 aromatic heterocycles. The normalized spacial score (nSPS) is 9.95. The molecule has 0 aliphatic carbocycles. The molecule has 0 unspecified atom stereocenters. The Balaban J connectivity index is 3.16. The molecule has 0 spiro atoms. The van der Waals surface area contributed by atoms with Crippen LogP contribution in [-0.2, 0) is 4.74 Å². The number of hydrogen-bond acceptors (Lipinski definition) is 6. The number of Topliss-reactive ketones (excluding diaryl/α,β-unsaturated/α-hetero) is 1. The number of rotatable bonds is 6. The molecule has 6 heteroatoms. The summed E-state index contributed by atoms with van der Waals surface area (Å²) in [5.74, 6) is -0.798. The van der Waals surface area contributed by atoms with E-state index < -0.39 is 5.97 Å². The van der Waals surface area contributed by atoms with Crippen LogP contribution in [0.2, 0.25) is 0 Å². The molecular weight excluding hydrogens is 264 g/mol. The molecule has 0 saturated heterocycles. The SMILES string of the molecule is CCCCC(=O)c1sc(N)c(C(=O)OCC)c1C#N. The topological polar surface area (TPSA) is 93.2 Å². The van der Waals surface area contributed by atoms with Crippen LogP contribution in [0.4, 0.5) is 5.00 Å². The molecule has 2 N–H and O–H groups in total. The van der Waals surface area contributed by atoms with Crippen molar-refractivity contribution in [3.05, 3.63) is 16.0 Å². The van der Waals surface area contributed by atoms with Gasteiger partial charge in [0.2, 0.25) is 0 Å². The summed E-state index contributed by atoms with van der Waals surface area (Å²) in [5, 5.41) is 9.31. The Morgan fingerprint density at radius 2 is 2.11 bits per heavy atom. The summed E-state index contributed by atoms with van der Waals surface area (Å²) in [6.45, 7) is 3.84. The lowest BCUT2D eigenvalue weighted by Gasteiger charge is -2.01. The third kappa shape index (κ3) is 3.32. The van der Waals surface area contributed by atoms with Crippen LogP contribution in [0.25, 0.3) is 0 Å². The number of ether oxygens (including phenoxy) is 1. The van der Waals surface area contributed by atoms with Crippen LogP contribution >= 0.6 is 11.3 Å². The van der Waals surface area contributed by atoms with Gasteiger partial charge in [0.25, 0.3) is 0 Å². The number of hydrogen-bond donors (Lipinski definition) is 1. The first-order chi connectivity index (χ1) is 9.06. The first kappa shape index (κ1) is 15.2. The standard InChI is InChI=1S/C13H16N2O3S/c1-3-5-6-9(16)11-8(7-14)10(12(15)19-11)13(17)18-4-2/h3-6,15H2,1-2H3. The number of esters is 1. The number of nitrogens with zero attached hydrogens (tertiary/aromatic N) is 1. The van der Waals surface area contributed by atoms with Gasteiger partial charge in [0.15, 0.2) is 5.78 Å². The Morgan fingerprint density at radius 1 is 1.42 bits per heavy atom. The van der Waals surface area contributed by atoms with Crippen LogP contribution in [0, 0.1) is 11.3 Å². The van der Waals surface area contributed by atoms with Gasteiger partial charge in [-0.15, -0.1) is 11.3 Å². The van der Waals surface area contributed by atoms with Crippen LogP contribution in [0.3, 0.4) is 0 Å². The summed E-state index contributed by atoms with van der Waals surface area (Å²) in [6.07, 6.45) is 1.99. The minimum atomic E-state index is -0.651. The third-order valence-electron chi connectivity index (χ3n) is 2.54. The van der Waals surface area contributed by atoms with Gasteiger partial charge in [-0.05, 0) is 13.3 Å². The van der Waals surface area contributed by atoms with Crippen LogP contribution < -0.4 is 5.73 Å². The predicted molar refractivity (Wildman–Crippen MR) is 73.3 cm³/mol. The van der Waals surface area contributed by atoms with Gasteiger partial charge in [-0.25, -0.2) is 4.79 Å². The number of nitriles is 1. The van der Waals surface area contributed by atoms with Crippen molar-refractivity contribution in [2.45, 2.75) is 33.1 Å². The van der Waals surface area contributed by atoms with Crippen molar-refractivity contribution < 1.29 is 14.3 Å². The van der Waals surface area contributed by atoms with E-state index >= 15 is 0 Å². The van der Waals surface area contributed by atoms with E-state index in [0.717, 1.165) is 24.2 Å². The van der Waals surface area contributed by atoms with Crippen LogP contribution in [0.15, 0.2) is 0 Å². The number of carbonyl (C=O) groups excluding carboxylic acids is 2. The van der Waals surface area contributed by atoms with E-state index in [4.69, 9.17) is 15.7 Å². The Bertz CT molecular complexity index is 529. The largest absolute Gasteiger partial charge is 0.462 e. The van der Waals surface area contributed by atoms with E-state index in [2.05, 4.69) is 0 Å². The van der Waals surface area contributed by atoms with Crippen molar-refractivity contribution in [3.8, 4) is 6.07 Å². The predicted octanol–water partition coefficient (Wildman–Crippen LogP) is 2.75. The molecule has 0 atom stereocenters. The Labute approximate surface area is 116 Å². The second kappa shape index (κ2) is 6.90. The fourth-order valence-electron chi connectivity index (χ4n) is 1.61. The van der Waals surface area contributed by atoms with Crippen molar-refractivity contribution in [2.24, 2.45) is 0 Å². The summed E-state index contributed by atoms with van der Waals surface area (Å²) in [6, 6.07) is 1.89. The van der Waals surface area contributed by atoms with E-state index in [-0.39, 0.29) is 33.4 Å². The fraction of sp³-hybridized carbons (Fsp3) is 0.462. The fourth-order valence-corrected chi connectivity index (χ4v) is 2.58. The van der Waals surface area contributed by atoms with Crippen molar-refractivity contribution in [2.75, 3.05) is 12.3 Å². The van der Waals surface area contributed by atoms with E-state index in [1.807, 2.05) is 13.0 Å². The highest BCUT2D eigenvalue weighted by atomic mass is 32.1. The Kier molecular flexibility index (Phi) is 5.52. The quantitative estimate of drug-likeness (QED) is 0.638. The first-order valence-electron chi connectivity index (χ1n) is 6.09. The van der Waals surface area contributed by atoms with Gasteiger partial charge in [-0.3, -0.25) is 4.79 Å². The average Bonchev–Trinajstić information content (AvgIpc) is 2.73. The monoisotopic (exact) mass is 280 g/mol. The summed E-state index contributed by atoms with van der Waals surface area (Å²) in [5.41, 5.74) is 5.80. The van der Waals surface area contributed by atoms with Crippen molar-refractivity contribution >= 4 is 28.1 Å². The smallest absolute Gasteiger partial charge is 0.342 e. The highest BCUT2D eigenvalue weighted by Gasteiger charge is 2.26. The van der Waals surface area contributed by atoms with Gasteiger partial charge in [-0.2, -0.15) is 5.26 Å². The van der Waals surface area contributed by atoms with Gasteiger partial charge in [0, 0.05) is 6.42 Å². The number of anilines is 1. The van der Waals surface area contributed by atoms with E-state index in [9.17, 15) is 9.59 Å². The van der Waals surface area contributed by atoms with Crippen LogP contribution in [0.5, 0.6) is 0 Å². The Morgan fingerprint density at radius 3 is 2.63 bits per heavy atom. The number of nitrogen functional groups attached to an aromatic ring is 1. The molecule has 0 bridgehead atoms. The highest BCUT2D eigenvalue weighted by Crippen LogP contribution is 2.32. The molecule has 19 heavy (non-hydrogen) atoms. The van der Waals surface area contributed by atoms with Crippen molar-refractivity contribution in [1.82, 2.24) is 0 Å². The molecule has 1 heterocycles. The summed E-state index contributed by atoms with van der Waals surface area (Å²) < 4.78 is 4.85. The molecular formula is C13H16N2O3S. The van der Waals surface area contributed by atoms with E-state index in [1.165, 1.54) is 0 Å². The maximum atomic E-state index is 12.0. The molecule has 0 aliphatic heterocycles. The lowest BCUT2D eigenvalue weighted by molar-refractivity contribution is 0.0528. The molecule has 0 aliphatic rings. The zero-order valence-electron chi connectivity index (χ0n) is 11.0. The summed E-state index contributed by atoms with van der Waals surface area (Å²) in [4.78, 5) is 24.0. The number of nitrogens with two attached hydrogens (primary N) is 1. The molecule has 0 fully saturated rings. The van der Waals surface area contributed by atoms with Gasteiger partial charge in [0.1, 0.15) is 16.6 Å². The molecule has 0 saturated carbocycles. The molecule has 5 nitrogen and oxygen atoms in total. The van der Waals surface area contributed by atoms with Crippen LogP contribution in [0.1, 0.15) is 58.7 Å². The average molecular weight is 280 g/mol. The minimum Gasteiger partial charge on any atom is -0.462 e. The number of carbonyl (C=O) groups is 2. The lowest BCUT2D eigenvalue weighted by atomic mass is 10.1. The van der Waals surface area contributed by atoms with E-state index in [0.29, 0.717) is 6.42 Å². The minimum absolute atomic E-state index is 0.0224. The zero-order chi connectivity index (χ0) is 14.4. The zero-order valence-corrected chi connectivity index (χ0v) is 11.8. The van der Waals surface area contributed by atoms with Gasteiger partial charge in [0.05, 0.1) is 17.0 Å². The molecule has 1 aromatic rings. The van der Waals surface area contributed by atoms with Crippen LogP contribution in [-0.4, -0.2) is 18.4 Å². The Hall–Kier alpha value is -1.87. The second-order valence-corrected chi connectivity index (χ2v) is 4.96. The lowest BCUT2D eigenvalue weighted by Crippen LogP contribution is -2.08. The molecule has 1 rings (SSSR count). The van der Waals surface area contributed by atoms with Gasteiger partial charge < -0.3 is 10.5 Å². The number of unbranched alkanes of at least 4 members (excludes halogenated alkanes) is 1.